The Morgan fingerprint density at radius 1 is 1.16 bits per heavy atom. The van der Waals surface area contributed by atoms with Crippen molar-refractivity contribution in [3.05, 3.63) is 29.8 Å². The lowest BCUT2D eigenvalue weighted by atomic mass is 9.97. The highest BCUT2D eigenvalue weighted by Gasteiger charge is 2.24. The van der Waals surface area contributed by atoms with Crippen LogP contribution in [0.4, 0.5) is 5.69 Å². The fourth-order valence-corrected chi connectivity index (χ4v) is 3.35. The Morgan fingerprint density at radius 2 is 1.76 bits per heavy atom. The lowest BCUT2D eigenvalue weighted by Crippen LogP contribution is -2.37. The standard InChI is InChI=1S/C20H30N2O3/c1-3-16(4-2)19(23)21-18-7-5-15(6-8-18)9-12-22-13-10-17(11-14-22)20(24)25/h5-8,16-17H,3-4,9-14H2,1-2H3,(H,21,23)(H,24,25). The minimum atomic E-state index is -0.661. The van der Waals surface area contributed by atoms with Gasteiger partial charge in [-0.1, -0.05) is 26.0 Å². The molecular formula is C20H30N2O3. The smallest absolute Gasteiger partial charge is 0.306 e. The predicted octanol–water partition coefficient (Wildman–Crippen LogP) is 3.40. The number of piperidine rings is 1. The van der Waals surface area contributed by atoms with Crippen molar-refractivity contribution in [2.75, 3.05) is 25.0 Å². The Balaban J connectivity index is 1.77. The van der Waals surface area contributed by atoms with Crippen molar-refractivity contribution in [3.63, 3.8) is 0 Å². The van der Waals surface area contributed by atoms with Gasteiger partial charge in [-0.3, -0.25) is 9.59 Å². The third-order valence-electron chi connectivity index (χ3n) is 5.23. The first-order chi connectivity index (χ1) is 12.0. The van der Waals surface area contributed by atoms with E-state index in [4.69, 9.17) is 5.11 Å². The van der Waals surface area contributed by atoms with Crippen molar-refractivity contribution < 1.29 is 14.7 Å². The first-order valence-electron chi connectivity index (χ1n) is 9.38. The molecule has 0 bridgehead atoms. The maximum Gasteiger partial charge on any atom is 0.306 e. The van der Waals surface area contributed by atoms with E-state index in [1.165, 1.54) is 5.56 Å². The number of anilines is 1. The number of nitrogens with one attached hydrogen (secondary N) is 1. The summed E-state index contributed by atoms with van der Waals surface area (Å²) in [5.41, 5.74) is 2.09. The molecule has 0 spiro atoms. The van der Waals surface area contributed by atoms with Crippen molar-refractivity contribution in [2.24, 2.45) is 11.8 Å². The normalized spacial score (nSPS) is 16.1. The minimum absolute atomic E-state index is 0.0772. The summed E-state index contributed by atoms with van der Waals surface area (Å²) in [7, 11) is 0. The van der Waals surface area contributed by atoms with Crippen LogP contribution in [-0.4, -0.2) is 41.5 Å². The van der Waals surface area contributed by atoms with Gasteiger partial charge in [-0.05, 0) is 62.9 Å². The number of benzene rings is 1. The Kier molecular flexibility index (Phi) is 7.44. The van der Waals surface area contributed by atoms with Crippen molar-refractivity contribution in [1.29, 1.82) is 0 Å². The highest BCUT2D eigenvalue weighted by atomic mass is 16.4. The van der Waals surface area contributed by atoms with Gasteiger partial charge < -0.3 is 15.3 Å². The quantitative estimate of drug-likeness (QED) is 0.757. The van der Waals surface area contributed by atoms with Gasteiger partial charge in [0.2, 0.25) is 5.91 Å². The lowest BCUT2D eigenvalue weighted by molar-refractivity contribution is -0.143. The molecule has 0 aromatic heterocycles. The molecule has 138 valence electrons. The largest absolute Gasteiger partial charge is 0.481 e. The van der Waals surface area contributed by atoms with E-state index in [0.29, 0.717) is 0 Å². The van der Waals surface area contributed by atoms with Crippen LogP contribution in [0.5, 0.6) is 0 Å². The van der Waals surface area contributed by atoms with Crippen molar-refractivity contribution in [3.8, 4) is 0 Å². The molecule has 1 aromatic rings. The monoisotopic (exact) mass is 346 g/mol. The van der Waals surface area contributed by atoms with Gasteiger partial charge in [-0.15, -0.1) is 0 Å². The topological polar surface area (TPSA) is 69.6 Å². The highest BCUT2D eigenvalue weighted by Crippen LogP contribution is 2.18. The molecule has 1 heterocycles. The van der Waals surface area contributed by atoms with Crippen molar-refractivity contribution in [2.45, 2.75) is 46.0 Å². The number of hydrogen-bond donors (Lipinski definition) is 2. The van der Waals surface area contributed by atoms with Crippen LogP contribution in [-0.2, 0) is 16.0 Å². The van der Waals surface area contributed by atoms with E-state index in [-0.39, 0.29) is 17.7 Å². The molecule has 1 amide bonds. The summed E-state index contributed by atoms with van der Waals surface area (Å²) in [5, 5.41) is 12.0. The second-order valence-corrected chi connectivity index (χ2v) is 6.90. The molecule has 2 N–H and O–H groups in total. The number of amides is 1. The number of carbonyl (C=O) groups is 2. The first-order valence-corrected chi connectivity index (χ1v) is 9.38. The molecule has 5 nitrogen and oxygen atoms in total. The van der Waals surface area contributed by atoms with E-state index < -0.39 is 5.97 Å². The summed E-state index contributed by atoms with van der Waals surface area (Å²) in [6, 6.07) is 8.05. The number of nitrogens with zero attached hydrogens (tertiary/aromatic N) is 1. The lowest BCUT2D eigenvalue weighted by Gasteiger charge is -2.29. The Hall–Kier alpha value is -1.88. The van der Waals surface area contributed by atoms with Gasteiger partial charge in [-0.2, -0.15) is 0 Å². The second kappa shape index (κ2) is 9.56. The Morgan fingerprint density at radius 3 is 2.28 bits per heavy atom. The number of carbonyl (C=O) groups excluding carboxylic acids is 1. The first kappa shape index (κ1) is 19.4. The summed E-state index contributed by atoms with van der Waals surface area (Å²) < 4.78 is 0. The number of carboxylic acid groups (broad SMARTS) is 1. The van der Waals surface area contributed by atoms with Gasteiger partial charge in [0, 0.05) is 18.2 Å². The van der Waals surface area contributed by atoms with Crippen LogP contribution in [0.25, 0.3) is 0 Å². The minimum Gasteiger partial charge on any atom is -0.481 e. The molecule has 0 radical (unpaired) electrons. The molecule has 0 atom stereocenters. The Labute approximate surface area is 150 Å². The zero-order chi connectivity index (χ0) is 18.2. The van der Waals surface area contributed by atoms with Crippen molar-refractivity contribution >= 4 is 17.6 Å². The van der Waals surface area contributed by atoms with Gasteiger partial charge >= 0.3 is 5.97 Å². The van der Waals surface area contributed by atoms with Crippen LogP contribution in [0.3, 0.4) is 0 Å². The fourth-order valence-electron chi connectivity index (χ4n) is 3.35. The van der Waals surface area contributed by atoms with Crippen LogP contribution in [0.2, 0.25) is 0 Å². The molecule has 2 rings (SSSR count). The highest BCUT2D eigenvalue weighted by molar-refractivity contribution is 5.92. The molecule has 0 aliphatic carbocycles. The van der Waals surface area contributed by atoms with Crippen LogP contribution >= 0.6 is 0 Å². The van der Waals surface area contributed by atoms with Crippen LogP contribution < -0.4 is 5.32 Å². The maximum absolute atomic E-state index is 12.1. The molecular weight excluding hydrogens is 316 g/mol. The third-order valence-corrected chi connectivity index (χ3v) is 5.23. The number of likely N-dealkylation sites (tertiary alicyclic amines) is 1. The molecule has 1 fully saturated rings. The van der Waals surface area contributed by atoms with Gasteiger partial charge in [0.05, 0.1) is 5.92 Å². The fraction of sp³-hybridized carbons (Fsp3) is 0.600. The van der Waals surface area contributed by atoms with E-state index >= 15 is 0 Å². The molecule has 1 aliphatic rings. The Bertz CT molecular complexity index is 559. The van der Waals surface area contributed by atoms with E-state index in [0.717, 1.165) is 57.4 Å². The third kappa shape index (κ3) is 5.85. The summed E-state index contributed by atoms with van der Waals surface area (Å²) in [6.45, 7) is 6.75. The van der Waals surface area contributed by atoms with Crippen LogP contribution in [0.15, 0.2) is 24.3 Å². The average molecular weight is 346 g/mol. The second-order valence-electron chi connectivity index (χ2n) is 6.90. The number of carboxylic acids is 1. The van der Waals surface area contributed by atoms with Crippen LogP contribution in [0.1, 0.15) is 45.1 Å². The zero-order valence-electron chi connectivity index (χ0n) is 15.3. The van der Waals surface area contributed by atoms with Gasteiger partial charge in [-0.25, -0.2) is 0 Å². The average Bonchev–Trinajstić information content (AvgIpc) is 2.62. The molecule has 25 heavy (non-hydrogen) atoms. The zero-order valence-corrected chi connectivity index (χ0v) is 15.3. The molecule has 5 heteroatoms. The predicted molar refractivity (Wildman–Crippen MR) is 99.6 cm³/mol. The van der Waals surface area contributed by atoms with E-state index in [1.807, 2.05) is 26.0 Å². The molecule has 1 saturated heterocycles. The summed E-state index contributed by atoms with van der Waals surface area (Å²) >= 11 is 0. The summed E-state index contributed by atoms with van der Waals surface area (Å²) in [6.07, 6.45) is 4.16. The van der Waals surface area contributed by atoms with E-state index in [2.05, 4.69) is 22.3 Å². The van der Waals surface area contributed by atoms with Gasteiger partial charge in [0.25, 0.3) is 0 Å². The molecule has 0 unspecified atom stereocenters. The molecule has 0 saturated carbocycles. The van der Waals surface area contributed by atoms with Gasteiger partial charge in [0.15, 0.2) is 0 Å². The molecule has 1 aliphatic heterocycles. The number of hydrogen-bond acceptors (Lipinski definition) is 3. The molecule has 1 aromatic carbocycles. The number of rotatable bonds is 8. The summed E-state index contributed by atoms with van der Waals surface area (Å²) in [4.78, 5) is 25.4. The van der Waals surface area contributed by atoms with Gasteiger partial charge in [0.1, 0.15) is 0 Å². The number of aliphatic carboxylic acids is 1. The van der Waals surface area contributed by atoms with E-state index in [9.17, 15) is 9.59 Å². The van der Waals surface area contributed by atoms with Crippen molar-refractivity contribution in [1.82, 2.24) is 4.90 Å². The van der Waals surface area contributed by atoms with Crippen LogP contribution in [0, 0.1) is 11.8 Å². The SMILES string of the molecule is CCC(CC)C(=O)Nc1ccc(CCN2CCC(C(=O)O)CC2)cc1. The van der Waals surface area contributed by atoms with E-state index in [1.54, 1.807) is 0 Å². The summed E-state index contributed by atoms with van der Waals surface area (Å²) in [5.74, 6) is -0.660. The maximum atomic E-state index is 12.1.